The van der Waals surface area contributed by atoms with Gasteiger partial charge in [0.05, 0.1) is 11.5 Å². The van der Waals surface area contributed by atoms with Crippen LogP contribution in [0.15, 0.2) is 9.64 Å². The molecule has 0 unspecified atom stereocenters. The molecule has 1 amide bonds. The minimum atomic E-state index is 0.0523. The van der Waals surface area contributed by atoms with E-state index in [4.69, 9.17) is 4.42 Å². The third-order valence-corrected chi connectivity index (χ3v) is 4.12. The van der Waals surface area contributed by atoms with E-state index in [1.165, 1.54) is 24.6 Å². The Morgan fingerprint density at radius 1 is 1.44 bits per heavy atom. The summed E-state index contributed by atoms with van der Waals surface area (Å²) in [6.07, 6.45) is 6.63. The number of aromatic nitrogens is 2. The molecule has 1 heterocycles. The first kappa shape index (κ1) is 13.7. The number of amides is 1. The van der Waals surface area contributed by atoms with E-state index in [1.807, 2.05) is 6.26 Å². The van der Waals surface area contributed by atoms with Gasteiger partial charge in [-0.2, -0.15) is 11.8 Å². The molecule has 1 aromatic rings. The van der Waals surface area contributed by atoms with Crippen molar-refractivity contribution in [2.75, 3.05) is 12.0 Å². The summed E-state index contributed by atoms with van der Waals surface area (Å²) in [5, 5.41) is 11.3. The van der Waals surface area contributed by atoms with Crippen LogP contribution in [0.2, 0.25) is 0 Å². The molecule has 0 bridgehead atoms. The van der Waals surface area contributed by atoms with Gasteiger partial charge in [-0.05, 0) is 19.1 Å². The monoisotopic (exact) mass is 287 g/mol. The highest BCUT2D eigenvalue weighted by Gasteiger charge is 2.17. The predicted molar refractivity (Wildman–Crippen MR) is 72.6 cm³/mol. The molecule has 1 fully saturated rings. The van der Waals surface area contributed by atoms with Crippen molar-refractivity contribution in [2.24, 2.45) is 0 Å². The zero-order valence-corrected chi connectivity index (χ0v) is 12.0. The van der Waals surface area contributed by atoms with Crippen molar-refractivity contribution < 1.29 is 9.21 Å². The van der Waals surface area contributed by atoms with E-state index in [2.05, 4.69) is 15.5 Å². The van der Waals surface area contributed by atoms with Crippen molar-refractivity contribution in [3.8, 4) is 0 Å². The first-order chi connectivity index (χ1) is 8.78. The molecule has 100 valence electrons. The second kappa shape index (κ2) is 7.04. The smallest absolute Gasteiger partial charge is 0.277 e. The van der Waals surface area contributed by atoms with Gasteiger partial charge in [-0.3, -0.25) is 4.79 Å². The Bertz CT molecular complexity index is 391. The number of hydrogen-bond donors (Lipinski definition) is 1. The van der Waals surface area contributed by atoms with Crippen LogP contribution < -0.4 is 5.32 Å². The molecule has 0 radical (unpaired) electrons. The largest absolute Gasteiger partial charge is 0.415 e. The number of thioether (sulfide) groups is 2. The Balaban J connectivity index is 1.70. The van der Waals surface area contributed by atoms with Gasteiger partial charge in [0.15, 0.2) is 0 Å². The third kappa shape index (κ3) is 4.20. The molecule has 0 spiro atoms. The molecule has 1 N–H and O–H groups in total. The average Bonchev–Trinajstić information content (AvgIpc) is 2.99. The molecule has 2 rings (SSSR count). The minimum Gasteiger partial charge on any atom is -0.415 e. The van der Waals surface area contributed by atoms with Gasteiger partial charge in [0, 0.05) is 6.04 Å². The molecule has 1 aliphatic carbocycles. The first-order valence-electron chi connectivity index (χ1n) is 6.01. The van der Waals surface area contributed by atoms with Gasteiger partial charge in [0.2, 0.25) is 11.8 Å². The van der Waals surface area contributed by atoms with Crippen LogP contribution in [-0.2, 0) is 10.5 Å². The Labute approximate surface area is 115 Å². The lowest BCUT2D eigenvalue weighted by Gasteiger charge is -2.10. The summed E-state index contributed by atoms with van der Waals surface area (Å²) in [4.78, 5) is 11.7. The Hall–Kier alpha value is -0.690. The Morgan fingerprint density at radius 2 is 2.22 bits per heavy atom. The molecular formula is C11H17N3O2S2. The maximum Gasteiger partial charge on any atom is 0.277 e. The number of carbonyl (C=O) groups excluding carboxylic acids is 1. The summed E-state index contributed by atoms with van der Waals surface area (Å²) in [5.41, 5.74) is 0. The van der Waals surface area contributed by atoms with Gasteiger partial charge in [0.25, 0.3) is 5.22 Å². The standard InChI is InChI=1S/C11H17N3O2S2/c1-17-7-10-13-14-11(16-10)18-6-9(15)12-8-4-2-3-5-8/h8H,2-7H2,1H3,(H,12,15). The van der Waals surface area contributed by atoms with Gasteiger partial charge in [-0.1, -0.05) is 24.6 Å². The van der Waals surface area contributed by atoms with Crippen LogP contribution in [0, 0.1) is 0 Å². The van der Waals surface area contributed by atoms with Crippen LogP contribution in [0.1, 0.15) is 31.6 Å². The lowest BCUT2D eigenvalue weighted by Crippen LogP contribution is -2.33. The van der Waals surface area contributed by atoms with Gasteiger partial charge >= 0.3 is 0 Å². The fraction of sp³-hybridized carbons (Fsp3) is 0.727. The van der Waals surface area contributed by atoms with Gasteiger partial charge < -0.3 is 9.73 Å². The SMILES string of the molecule is CSCc1nnc(SCC(=O)NC2CCCC2)o1. The van der Waals surface area contributed by atoms with Crippen molar-refractivity contribution in [1.82, 2.24) is 15.5 Å². The third-order valence-electron chi connectivity index (χ3n) is 2.76. The van der Waals surface area contributed by atoms with Crippen molar-refractivity contribution in [3.63, 3.8) is 0 Å². The van der Waals surface area contributed by atoms with Gasteiger partial charge in [-0.15, -0.1) is 10.2 Å². The van der Waals surface area contributed by atoms with E-state index in [9.17, 15) is 4.79 Å². The zero-order chi connectivity index (χ0) is 12.8. The van der Waals surface area contributed by atoms with Crippen molar-refractivity contribution in [3.05, 3.63) is 5.89 Å². The molecule has 0 saturated heterocycles. The summed E-state index contributed by atoms with van der Waals surface area (Å²) in [7, 11) is 0. The zero-order valence-electron chi connectivity index (χ0n) is 10.3. The average molecular weight is 287 g/mol. The molecule has 0 aliphatic heterocycles. The molecule has 5 nitrogen and oxygen atoms in total. The van der Waals surface area contributed by atoms with Crippen LogP contribution in [0.5, 0.6) is 0 Å². The first-order valence-corrected chi connectivity index (χ1v) is 8.39. The predicted octanol–water partition coefficient (Wildman–Crippen LogP) is 2.08. The molecule has 1 saturated carbocycles. The topological polar surface area (TPSA) is 68.0 Å². The fourth-order valence-electron chi connectivity index (χ4n) is 1.95. The van der Waals surface area contributed by atoms with E-state index >= 15 is 0 Å². The molecular weight excluding hydrogens is 270 g/mol. The quantitative estimate of drug-likeness (QED) is 0.808. The van der Waals surface area contributed by atoms with Crippen molar-refractivity contribution in [2.45, 2.75) is 42.7 Å². The van der Waals surface area contributed by atoms with Gasteiger partial charge in [0.1, 0.15) is 0 Å². The van der Waals surface area contributed by atoms with E-state index < -0.39 is 0 Å². The normalized spacial score (nSPS) is 16.1. The van der Waals surface area contributed by atoms with Crippen LogP contribution in [-0.4, -0.2) is 34.2 Å². The number of rotatable bonds is 6. The second-order valence-electron chi connectivity index (χ2n) is 4.23. The summed E-state index contributed by atoms with van der Waals surface area (Å²) in [5.74, 6) is 1.72. The lowest BCUT2D eigenvalue weighted by atomic mass is 10.2. The lowest BCUT2D eigenvalue weighted by molar-refractivity contribution is -0.119. The number of hydrogen-bond acceptors (Lipinski definition) is 6. The van der Waals surface area contributed by atoms with Crippen LogP contribution >= 0.6 is 23.5 Å². The van der Waals surface area contributed by atoms with E-state index in [-0.39, 0.29) is 5.91 Å². The number of nitrogens with one attached hydrogen (secondary N) is 1. The summed E-state index contributed by atoms with van der Waals surface area (Å²) >= 11 is 2.93. The van der Waals surface area contributed by atoms with Crippen molar-refractivity contribution in [1.29, 1.82) is 0 Å². The summed E-state index contributed by atoms with van der Waals surface area (Å²) < 4.78 is 5.38. The van der Waals surface area contributed by atoms with Crippen LogP contribution in [0.4, 0.5) is 0 Å². The maximum atomic E-state index is 11.7. The van der Waals surface area contributed by atoms with Gasteiger partial charge in [-0.25, -0.2) is 0 Å². The highest BCUT2D eigenvalue weighted by atomic mass is 32.2. The fourth-order valence-corrected chi connectivity index (χ4v) is 2.90. The highest BCUT2D eigenvalue weighted by Crippen LogP contribution is 2.20. The number of nitrogens with zero attached hydrogens (tertiary/aromatic N) is 2. The highest BCUT2D eigenvalue weighted by molar-refractivity contribution is 7.99. The van der Waals surface area contributed by atoms with E-state index in [1.54, 1.807) is 11.8 Å². The molecule has 0 atom stereocenters. The van der Waals surface area contributed by atoms with E-state index in [0.29, 0.717) is 28.7 Å². The summed E-state index contributed by atoms with van der Waals surface area (Å²) in [6.45, 7) is 0. The van der Waals surface area contributed by atoms with Crippen LogP contribution in [0.25, 0.3) is 0 Å². The molecule has 18 heavy (non-hydrogen) atoms. The minimum absolute atomic E-state index is 0.0523. The molecule has 1 aromatic heterocycles. The second-order valence-corrected chi connectivity index (χ2v) is 6.02. The Kier molecular flexibility index (Phi) is 5.37. The maximum absolute atomic E-state index is 11.7. The van der Waals surface area contributed by atoms with E-state index in [0.717, 1.165) is 12.8 Å². The molecule has 7 heteroatoms. The Morgan fingerprint density at radius 3 is 2.94 bits per heavy atom. The number of carbonyl (C=O) groups is 1. The summed E-state index contributed by atoms with van der Waals surface area (Å²) in [6, 6.07) is 0.368. The molecule has 0 aromatic carbocycles. The molecule has 1 aliphatic rings. The van der Waals surface area contributed by atoms with Crippen molar-refractivity contribution >= 4 is 29.4 Å². The van der Waals surface area contributed by atoms with Crippen LogP contribution in [0.3, 0.4) is 0 Å².